The van der Waals surface area contributed by atoms with E-state index in [0.29, 0.717) is 6.29 Å². The monoisotopic (exact) mass is 180 g/mol. The minimum Gasteiger partial charge on any atom is -0.390 e. The molecule has 5 heteroatoms. The zero-order valence-electron chi connectivity index (χ0n) is 7.01. The minimum absolute atomic E-state index is 0.0406. The van der Waals surface area contributed by atoms with Crippen LogP contribution in [0, 0.1) is 5.92 Å². The van der Waals surface area contributed by atoms with E-state index in [1.807, 2.05) is 0 Å². The molecule has 0 fully saturated rings. The molecule has 0 aromatic carbocycles. The molecule has 1 unspecified atom stereocenters. The van der Waals surface area contributed by atoms with Gasteiger partial charge in [-0.2, -0.15) is 0 Å². The second-order valence-electron chi connectivity index (χ2n) is 2.38. The molecule has 0 saturated heterocycles. The van der Waals surface area contributed by atoms with E-state index in [-0.39, 0.29) is 6.01 Å². The lowest BCUT2D eigenvalue weighted by Crippen LogP contribution is -2.19. The molecule has 1 aromatic heterocycles. The van der Waals surface area contributed by atoms with Gasteiger partial charge >= 0.3 is 12.0 Å². The number of aldehydes is 1. The maximum absolute atomic E-state index is 11.0. The molecule has 0 aliphatic heterocycles. The molecule has 5 nitrogen and oxygen atoms in total. The summed E-state index contributed by atoms with van der Waals surface area (Å²) < 4.78 is 4.67. The summed E-state index contributed by atoms with van der Waals surface area (Å²) in [4.78, 5) is 28.5. The van der Waals surface area contributed by atoms with Crippen molar-refractivity contribution in [3.8, 4) is 6.01 Å². The third-order valence-corrected chi connectivity index (χ3v) is 1.31. The van der Waals surface area contributed by atoms with Gasteiger partial charge < -0.3 is 9.53 Å². The van der Waals surface area contributed by atoms with Gasteiger partial charge in [0.25, 0.3) is 0 Å². The SMILES string of the molecule is CC(C=O)C(=O)Oc1ncccn1. The summed E-state index contributed by atoms with van der Waals surface area (Å²) in [5.74, 6) is -1.44. The normalized spacial score (nSPS) is 11.8. The van der Waals surface area contributed by atoms with Crippen molar-refractivity contribution in [3.63, 3.8) is 0 Å². The molecule has 0 radical (unpaired) electrons. The summed E-state index contributed by atoms with van der Waals surface area (Å²) in [5.41, 5.74) is 0. The van der Waals surface area contributed by atoms with E-state index in [1.165, 1.54) is 19.3 Å². The number of ether oxygens (including phenoxy) is 1. The van der Waals surface area contributed by atoms with E-state index < -0.39 is 11.9 Å². The van der Waals surface area contributed by atoms with Crippen LogP contribution in [0.2, 0.25) is 0 Å². The molecule has 0 aliphatic carbocycles. The number of hydrogen-bond acceptors (Lipinski definition) is 5. The van der Waals surface area contributed by atoms with Crippen molar-refractivity contribution in [1.82, 2.24) is 9.97 Å². The molecular weight excluding hydrogens is 172 g/mol. The minimum atomic E-state index is -0.788. The van der Waals surface area contributed by atoms with Crippen LogP contribution in [0.1, 0.15) is 6.92 Å². The lowest BCUT2D eigenvalue weighted by atomic mass is 10.2. The Morgan fingerprint density at radius 2 is 2.15 bits per heavy atom. The first kappa shape index (κ1) is 9.31. The van der Waals surface area contributed by atoms with Crippen LogP contribution >= 0.6 is 0 Å². The summed E-state index contributed by atoms with van der Waals surface area (Å²) in [6, 6.07) is 1.56. The predicted molar refractivity (Wildman–Crippen MR) is 42.9 cm³/mol. The molecule has 13 heavy (non-hydrogen) atoms. The number of carbonyl (C=O) groups excluding carboxylic acids is 2. The van der Waals surface area contributed by atoms with Gasteiger partial charge in [-0.1, -0.05) is 0 Å². The van der Waals surface area contributed by atoms with E-state index in [0.717, 1.165) is 0 Å². The van der Waals surface area contributed by atoms with E-state index in [4.69, 9.17) is 0 Å². The fraction of sp³-hybridized carbons (Fsp3) is 0.250. The van der Waals surface area contributed by atoms with Crippen LogP contribution in [0.3, 0.4) is 0 Å². The highest BCUT2D eigenvalue weighted by atomic mass is 16.5. The highest BCUT2D eigenvalue weighted by Crippen LogP contribution is 2.01. The van der Waals surface area contributed by atoms with Crippen molar-refractivity contribution in [3.05, 3.63) is 18.5 Å². The van der Waals surface area contributed by atoms with Crippen molar-refractivity contribution in [2.75, 3.05) is 0 Å². The maximum Gasteiger partial charge on any atom is 0.324 e. The summed E-state index contributed by atoms with van der Waals surface area (Å²) in [7, 11) is 0. The predicted octanol–water partition coefficient (Wildman–Crippen LogP) is 0.217. The van der Waals surface area contributed by atoms with Gasteiger partial charge in [-0.25, -0.2) is 9.97 Å². The molecule has 0 saturated carbocycles. The second kappa shape index (κ2) is 4.30. The number of rotatable bonds is 3. The van der Waals surface area contributed by atoms with Crippen molar-refractivity contribution in [2.45, 2.75) is 6.92 Å². The van der Waals surface area contributed by atoms with Gasteiger partial charge in [0.05, 0.1) is 0 Å². The fourth-order valence-electron chi connectivity index (χ4n) is 0.577. The van der Waals surface area contributed by atoms with Crippen LogP contribution in [0.5, 0.6) is 6.01 Å². The van der Waals surface area contributed by atoms with Crippen molar-refractivity contribution >= 4 is 12.3 Å². The molecule has 1 aromatic rings. The van der Waals surface area contributed by atoms with Crippen LogP contribution in [0.15, 0.2) is 18.5 Å². The Morgan fingerprint density at radius 1 is 1.54 bits per heavy atom. The lowest BCUT2D eigenvalue weighted by Gasteiger charge is -2.02. The summed E-state index contributed by atoms with van der Waals surface area (Å²) in [5, 5.41) is 0. The third-order valence-electron chi connectivity index (χ3n) is 1.31. The molecule has 0 bridgehead atoms. The highest BCUT2D eigenvalue weighted by Gasteiger charge is 2.14. The molecule has 1 heterocycles. The standard InChI is InChI=1S/C8H8N2O3/c1-6(5-11)7(12)13-8-9-3-2-4-10-8/h2-6H,1H3. The summed E-state index contributed by atoms with van der Waals surface area (Å²) >= 11 is 0. The van der Waals surface area contributed by atoms with Crippen LogP contribution in [0.4, 0.5) is 0 Å². The molecule has 0 amide bonds. The second-order valence-corrected chi connectivity index (χ2v) is 2.38. The zero-order valence-corrected chi connectivity index (χ0v) is 7.01. The Labute approximate surface area is 74.8 Å². The van der Waals surface area contributed by atoms with E-state index in [9.17, 15) is 9.59 Å². The van der Waals surface area contributed by atoms with Gasteiger partial charge in [0.2, 0.25) is 0 Å². The number of nitrogens with zero attached hydrogens (tertiary/aromatic N) is 2. The van der Waals surface area contributed by atoms with Crippen molar-refractivity contribution in [2.24, 2.45) is 5.92 Å². The fourth-order valence-corrected chi connectivity index (χ4v) is 0.577. The van der Waals surface area contributed by atoms with Crippen LogP contribution in [0.25, 0.3) is 0 Å². The average molecular weight is 180 g/mol. The highest BCUT2D eigenvalue weighted by molar-refractivity contribution is 5.88. The van der Waals surface area contributed by atoms with E-state index in [1.54, 1.807) is 6.07 Å². The molecule has 1 atom stereocenters. The first-order valence-corrected chi connectivity index (χ1v) is 3.68. The lowest BCUT2D eigenvalue weighted by molar-refractivity contribution is -0.140. The molecule has 0 spiro atoms. The van der Waals surface area contributed by atoms with Gasteiger partial charge in [-0.3, -0.25) is 4.79 Å². The number of aromatic nitrogens is 2. The number of carbonyl (C=O) groups is 2. The van der Waals surface area contributed by atoms with Crippen LogP contribution in [-0.4, -0.2) is 22.2 Å². The van der Waals surface area contributed by atoms with Gasteiger partial charge in [0.15, 0.2) is 0 Å². The largest absolute Gasteiger partial charge is 0.390 e. The van der Waals surface area contributed by atoms with Crippen LogP contribution in [-0.2, 0) is 9.59 Å². The van der Waals surface area contributed by atoms with Gasteiger partial charge in [-0.15, -0.1) is 0 Å². The smallest absolute Gasteiger partial charge is 0.324 e. The molecular formula is C8H8N2O3. The van der Waals surface area contributed by atoms with Crippen molar-refractivity contribution in [1.29, 1.82) is 0 Å². The quantitative estimate of drug-likeness (QED) is 0.378. The van der Waals surface area contributed by atoms with Gasteiger partial charge in [0.1, 0.15) is 12.2 Å². The molecule has 1 rings (SSSR count). The Morgan fingerprint density at radius 3 is 2.69 bits per heavy atom. The third kappa shape index (κ3) is 2.62. The topological polar surface area (TPSA) is 69.2 Å². The first-order valence-electron chi connectivity index (χ1n) is 3.68. The zero-order chi connectivity index (χ0) is 9.68. The van der Waals surface area contributed by atoms with Gasteiger partial charge in [0, 0.05) is 12.4 Å². The number of hydrogen-bond donors (Lipinski definition) is 0. The molecule has 0 N–H and O–H groups in total. The molecule has 68 valence electrons. The Kier molecular flexibility index (Phi) is 3.08. The summed E-state index contributed by atoms with van der Waals surface area (Å²) in [6.07, 6.45) is 3.40. The van der Waals surface area contributed by atoms with Crippen molar-refractivity contribution < 1.29 is 14.3 Å². The summed E-state index contributed by atoms with van der Waals surface area (Å²) in [6.45, 7) is 1.44. The van der Waals surface area contributed by atoms with Gasteiger partial charge in [-0.05, 0) is 13.0 Å². The Balaban J connectivity index is 2.60. The Hall–Kier alpha value is -1.78. The Bertz CT molecular complexity index is 300. The number of esters is 1. The maximum atomic E-state index is 11.0. The van der Waals surface area contributed by atoms with Crippen LogP contribution < -0.4 is 4.74 Å². The van der Waals surface area contributed by atoms with E-state index in [2.05, 4.69) is 14.7 Å². The molecule has 0 aliphatic rings. The first-order chi connectivity index (χ1) is 6.24. The van der Waals surface area contributed by atoms with E-state index >= 15 is 0 Å². The average Bonchev–Trinajstić information content (AvgIpc) is 2.18.